The van der Waals surface area contributed by atoms with Gasteiger partial charge in [-0.25, -0.2) is 9.36 Å². The minimum absolute atomic E-state index is 0. The largest absolute Gasteiger partial charge is 1.00 e. The van der Waals surface area contributed by atoms with Crippen LogP contribution in [0.25, 0.3) is 11.1 Å². The van der Waals surface area contributed by atoms with Gasteiger partial charge >= 0.3 is 5.97 Å². The average Bonchev–Trinajstić information content (AvgIpc) is 2.62. The van der Waals surface area contributed by atoms with E-state index < -0.39 is 0 Å². The van der Waals surface area contributed by atoms with Gasteiger partial charge in [-0.1, -0.05) is 36.8 Å². The smallest absolute Gasteiger partial charge is 0.345 e. The van der Waals surface area contributed by atoms with E-state index in [-0.39, 0.29) is 36.0 Å². The van der Waals surface area contributed by atoms with Crippen LogP contribution in [0.5, 0.6) is 0 Å². The van der Waals surface area contributed by atoms with Crippen molar-refractivity contribution >= 4 is 5.97 Å². The van der Waals surface area contributed by atoms with Gasteiger partial charge in [-0.05, 0) is 38.2 Å². The maximum absolute atomic E-state index is 12.7. The summed E-state index contributed by atoms with van der Waals surface area (Å²) >= 11 is 0. The molecule has 3 nitrogen and oxygen atoms in total. The first-order valence-corrected chi connectivity index (χ1v) is 8.57. The van der Waals surface area contributed by atoms with E-state index in [9.17, 15) is 4.79 Å². The molecule has 24 heavy (non-hydrogen) atoms. The number of hydrogen-bond acceptors (Lipinski definition) is 2. The summed E-state index contributed by atoms with van der Waals surface area (Å²) in [4.78, 5) is 12.7. The highest BCUT2D eigenvalue weighted by atomic mass is 127. The third-order valence-electron chi connectivity index (χ3n) is 4.51. The molecule has 0 radical (unpaired) electrons. The number of ether oxygens (including phenoxy) is 1. The lowest BCUT2D eigenvalue weighted by molar-refractivity contribution is -0.693. The van der Waals surface area contributed by atoms with Crippen LogP contribution in [0.3, 0.4) is 0 Å². The van der Waals surface area contributed by atoms with Crippen LogP contribution >= 0.6 is 0 Å². The van der Waals surface area contributed by atoms with Gasteiger partial charge in [0, 0.05) is 11.6 Å². The van der Waals surface area contributed by atoms with Crippen LogP contribution in [0.4, 0.5) is 0 Å². The Balaban J connectivity index is 0.00000208. The van der Waals surface area contributed by atoms with Gasteiger partial charge in [0.25, 0.3) is 0 Å². The number of rotatable bonds is 4. The fourth-order valence-electron chi connectivity index (χ4n) is 3.17. The molecule has 1 aromatic carbocycles. The summed E-state index contributed by atoms with van der Waals surface area (Å²) in [7, 11) is 0. The van der Waals surface area contributed by atoms with E-state index in [1.54, 1.807) is 0 Å². The number of carbonyl (C=O) groups excluding carboxylic acids is 1. The van der Waals surface area contributed by atoms with Gasteiger partial charge in [0.05, 0.1) is 0 Å². The number of hydrogen-bond donors (Lipinski definition) is 0. The van der Waals surface area contributed by atoms with Gasteiger partial charge in [0.1, 0.15) is 18.2 Å². The van der Waals surface area contributed by atoms with E-state index in [1.807, 2.05) is 53.4 Å². The molecule has 0 spiro atoms. The van der Waals surface area contributed by atoms with Crippen LogP contribution in [-0.4, -0.2) is 12.1 Å². The molecule has 4 heteroatoms. The van der Waals surface area contributed by atoms with Crippen molar-refractivity contribution in [2.75, 3.05) is 0 Å². The number of halogens is 1. The molecule has 1 aromatic heterocycles. The van der Waals surface area contributed by atoms with Crippen molar-refractivity contribution in [3.63, 3.8) is 0 Å². The molecule has 1 aliphatic carbocycles. The molecule has 0 N–H and O–H groups in total. The van der Waals surface area contributed by atoms with E-state index >= 15 is 0 Å². The fraction of sp³-hybridized carbons (Fsp3) is 0.400. The Kier molecular flexibility index (Phi) is 7.21. The Morgan fingerprint density at radius 1 is 1.12 bits per heavy atom. The fourth-order valence-corrected chi connectivity index (χ4v) is 3.17. The molecule has 128 valence electrons. The minimum Gasteiger partial charge on any atom is -1.00 e. The molecule has 2 aromatic rings. The van der Waals surface area contributed by atoms with Crippen molar-refractivity contribution < 1.29 is 38.1 Å². The van der Waals surface area contributed by atoms with Gasteiger partial charge in [-0.15, -0.1) is 0 Å². The van der Waals surface area contributed by atoms with E-state index in [0.29, 0.717) is 5.56 Å². The van der Waals surface area contributed by atoms with Crippen LogP contribution in [0.15, 0.2) is 48.8 Å². The van der Waals surface area contributed by atoms with Crippen molar-refractivity contribution in [1.29, 1.82) is 0 Å². The van der Waals surface area contributed by atoms with Gasteiger partial charge in [0.2, 0.25) is 0 Å². The summed E-state index contributed by atoms with van der Waals surface area (Å²) in [6.07, 6.45) is 9.56. The molecule has 0 unspecified atom stereocenters. The van der Waals surface area contributed by atoms with Crippen molar-refractivity contribution in [2.24, 2.45) is 0 Å². The monoisotopic (exact) mass is 437 g/mol. The first-order chi connectivity index (χ1) is 11.3. The lowest BCUT2D eigenvalue weighted by Gasteiger charge is -2.22. The van der Waals surface area contributed by atoms with Crippen molar-refractivity contribution in [1.82, 2.24) is 0 Å². The number of aryl methyl sites for hydroxylation is 1. The van der Waals surface area contributed by atoms with E-state index in [4.69, 9.17) is 4.74 Å². The quantitative estimate of drug-likeness (QED) is 0.408. The number of carbonyl (C=O) groups is 1. The zero-order valence-corrected chi connectivity index (χ0v) is 16.2. The molecule has 0 saturated heterocycles. The van der Waals surface area contributed by atoms with Crippen molar-refractivity contribution in [2.45, 2.75) is 51.7 Å². The zero-order valence-electron chi connectivity index (χ0n) is 14.1. The molecule has 1 heterocycles. The first kappa shape index (κ1) is 18.9. The predicted molar refractivity (Wildman–Crippen MR) is 90.0 cm³/mol. The summed E-state index contributed by atoms with van der Waals surface area (Å²) in [5.74, 6) is -0.196. The van der Waals surface area contributed by atoms with E-state index in [2.05, 4.69) is 6.92 Å². The highest BCUT2D eigenvalue weighted by Gasteiger charge is 2.23. The topological polar surface area (TPSA) is 30.2 Å². The molecule has 0 aliphatic heterocycles. The Bertz CT molecular complexity index is 667. The standard InChI is InChI=1S/C20H24NO2.HI/c1-2-21-14-13-18(16-9-5-3-6-10-16)19(15-21)20(22)23-17-11-7-4-8-12-17;/h3,5-6,9-10,13-15,17H,2,4,7-8,11-12H2,1H3;1H/q+1;/p-1. The summed E-state index contributed by atoms with van der Waals surface area (Å²) in [6.45, 7) is 2.90. The molecular formula is C20H24INO2. The van der Waals surface area contributed by atoms with Gasteiger partial charge < -0.3 is 28.7 Å². The number of esters is 1. The normalized spacial score (nSPS) is 14.7. The Labute approximate surface area is 161 Å². The molecule has 0 bridgehead atoms. The molecule has 1 saturated carbocycles. The maximum atomic E-state index is 12.7. The third kappa shape index (κ3) is 4.56. The minimum atomic E-state index is -0.196. The van der Waals surface area contributed by atoms with E-state index in [1.165, 1.54) is 6.42 Å². The lowest BCUT2D eigenvalue weighted by Crippen LogP contribution is -3.00. The number of pyridine rings is 1. The lowest BCUT2D eigenvalue weighted by atomic mass is 9.97. The molecule has 3 rings (SSSR count). The highest BCUT2D eigenvalue weighted by molar-refractivity contribution is 5.96. The van der Waals surface area contributed by atoms with Crippen LogP contribution in [0.2, 0.25) is 0 Å². The van der Waals surface area contributed by atoms with Crippen LogP contribution in [0, 0.1) is 0 Å². The third-order valence-corrected chi connectivity index (χ3v) is 4.51. The van der Waals surface area contributed by atoms with Crippen LogP contribution in [0.1, 0.15) is 49.4 Å². The van der Waals surface area contributed by atoms with Crippen molar-refractivity contribution in [3.8, 4) is 11.1 Å². The first-order valence-electron chi connectivity index (χ1n) is 8.57. The Morgan fingerprint density at radius 3 is 2.50 bits per heavy atom. The SMILES string of the molecule is CC[n+]1ccc(-c2ccccc2)c(C(=O)OC2CCCCC2)c1.[I-]. The summed E-state index contributed by atoms with van der Waals surface area (Å²) in [5.41, 5.74) is 2.65. The van der Waals surface area contributed by atoms with Crippen LogP contribution < -0.4 is 28.5 Å². The number of nitrogens with zero attached hydrogens (tertiary/aromatic N) is 1. The average molecular weight is 437 g/mol. The maximum Gasteiger partial charge on any atom is 0.345 e. The second-order valence-electron chi connectivity index (χ2n) is 6.13. The second kappa shape index (κ2) is 9.16. The Hall–Kier alpha value is -1.43. The number of aromatic nitrogens is 1. The summed E-state index contributed by atoms with van der Waals surface area (Å²) in [6, 6.07) is 12.0. The summed E-state index contributed by atoms with van der Waals surface area (Å²) in [5, 5.41) is 0. The molecule has 1 aliphatic rings. The molecule has 0 amide bonds. The molecular weight excluding hydrogens is 413 g/mol. The molecule has 1 fully saturated rings. The second-order valence-corrected chi connectivity index (χ2v) is 6.13. The van der Waals surface area contributed by atoms with Gasteiger partial charge in [0.15, 0.2) is 12.4 Å². The van der Waals surface area contributed by atoms with Crippen LogP contribution in [-0.2, 0) is 11.3 Å². The summed E-state index contributed by atoms with van der Waals surface area (Å²) < 4.78 is 7.80. The Morgan fingerprint density at radius 2 is 1.83 bits per heavy atom. The highest BCUT2D eigenvalue weighted by Crippen LogP contribution is 2.26. The number of benzene rings is 1. The van der Waals surface area contributed by atoms with Crippen molar-refractivity contribution in [3.05, 3.63) is 54.4 Å². The zero-order chi connectivity index (χ0) is 16.1. The molecule has 0 atom stereocenters. The van der Waals surface area contributed by atoms with Gasteiger partial charge in [-0.2, -0.15) is 0 Å². The predicted octanol–water partition coefficient (Wildman–Crippen LogP) is 1.15. The van der Waals surface area contributed by atoms with E-state index in [0.717, 1.165) is 43.4 Å². The van der Waals surface area contributed by atoms with Gasteiger partial charge in [-0.3, -0.25) is 0 Å².